The van der Waals surface area contributed by atoms with Crippen LogP contribution in [0.2, 0.25) is 5.31 Å². The van der Waals surface area contributed by atoms with E-state index in [2.05, 4.69) is 0 Å². The second kappa shape index (κ2) is 4.85. The van der Waals surface area contributed by atoms with Gasteiger partial charge in [-0.3, -0.25) is 4.39 Å². The zero-order valence-corrected chi connectivity index (χ0v) is 8.09. The van der Waals surface area contributed by atoms with Crippen molar-refractivity contribution in [2.45, 2.75) is 11.7 Å². The maximum atomic E-state index is 12.8. The van der Waals surface area contributed by atoms with Crippen molar-refractivity contribution in [2.75, 3.05) is 20.0 Å². The Hall–Kier alpha value is -0.745. The van der Waals surface area contributed by atoms with Crippen molar-refractivity contribution < 1.29 is 23.2 Å². The summed E-state index contributed by atoms with van der Waals surface area (Å²) in [5, 5.41) is 16.5. The third kappa shape index (κ3) is 2.44. The molecule has 2 N–H and O–H groups in total. The number of alkyl halides is 3. The SMILES string of the molecule is OB(O)C1(CF)C=C(CF)C=C(CF)C1. The molecule has 15 heavy (non-hydrogen) atoms. The average Bonchev–Trinajstić information content (AvgIpc) is 2.27. The van der Waals surface area contributed by atoms with E-state index in [1.165, 1.54) is 6.08 Å². The summed E-state index contributed by atoms with van der Waals surface area (Å²) in [5.41, 5.74) is 0.260. The summed E-state index contributed by atoms with van der Waals surface area (Å²) >= 11 is 0. The van der Waals surface area contributed by atoms with Crippen LogP contribution in [0, 0.1) is 0 Å². The van der Waals surface area contributed by atoms with Crippen molar-refractivity contribution in [2.24, 2.45) is 0 Å². The molecule has 0 aromatic carbocycles. The van der Waals surface area contributed by atoms with Crippen molar-refractivity contribution in [1.29, 1.82) is 0 Å². The molecule has 0 aromatic rings. The summed E-state index contributed by atoms with van der Waals surface area (Å²) in [6.45, 7) is -2.78. The first kappa shape index (κ1) is 12.3. The van der Waals surface area contributed by atoms with Gasteiger partial charge in [-0.05, 0) is 17.6 Å². The maximum Gasteiger partial charge on any atom is 0.465 e. The Kier molecular flexibility index (Phi) is 3.99. The van der Waals surface area contributed by atoms with Gasteiger partial charge in [-0.1, -0.05) is 12.2 Å². The molecule has 0 saturated heterocycles. The molecule has 0 saturated carbocycles. The first-order valence-electron chi connectivity index (χ1n) is 4.53. The van der Waals surface area contributed by atoms with E-state index < -0.39 is 32.5 Å². The van der Waals surface area contributed by atoms with Gasteiger partial charge in [-0.2, -0.15) is 0 Å². The van der Waals surface area contributed by atoms with Crippen LogP contribution in [0.25, 0.3) is 0 Å². The second-order valence-corrected chi connectivity index (χ2v) is 3.71. The van der Waals surface area contributed by atoms with Crippen molar-refractivity contribution in [3.05, 3.63) is 23.3 Å². The normalized spacial score (nSPS) is 25.9. The lowest BCUT2D eigenvalue weighted by Gasteiger charge is -2.30. The zero-order valence-electron chi connectivity index (χ0n) is 8.09. The molecule has 1 rings (SSSR count). The van der Waals surface area contributed by atoms with Gasteiger partial charge in [0.1, 0.15) is 13.3 Å². The Balaban J connectivity index is 3.03. The smallest absolute Gasteiger partial charge is 0.426 e. The quantitative estimate of drug-likeness (QED) is 0.702. The number of hydrogen-bond acceptors (Lipinski definition) is 2. The van der Waals surface area contributed by atoms with Crippen LogP contribution in [0.4, 0.5) is 13.2 Å². The van der Waals surface area contributed by atoms with Gasteiger partial charge in [-0.25, -0.2) is 8.78 Å². The summed E-state index contributed by atoms with van der Waals surface area (Å²) in [5.74, 6) is 0. The molecular formula is C9H12BF3O2. The van der Waals surface area contributed by atoms with E-state index in [0.29, 0.717) is 0 Å². The maximum absolute atomic E-state index is 12.8. The van der Waals surface area contributed by atoms with E-state index in [9.17, 15) is 13.2 Å². The van der Waals surface area contributed by atoms with Crippen LogP contribution < -0.4 is 0 Å². The van der Waals surface area contributed by atoms with Gasteiger partial charge in [0.15, 0.2) is 0 Å². The Morgan fingerprint density at radius 3 is 2.33 bits per heavy atom. The Morgan fingerprint density at radius 1 is 1.27 bits per heavy atom. The van der Waals surface area contributed by atoms with Gasteiger partial charge >= 0.3 is 7.12 Å². The highest BCUT2D eigenvalue weighted by molar-refractivity contribution is 6.46. The minimum Gasteiger partial charge on any atom is -0.426 e. The van der Waals surface area contributed by atoms with Crippen molar-refractivity contribution >= 4 is 7.12 Å². The molecule has 1 atom stereocenters. The van der Waals surface area contributed by atoms with Crippen LogP contribution >= 0.6 is 0 Å². The Bertz CT molecular complexity index is 291. The number of halogens is 3. The molecule has 0 aromatic heterocycles. The Labute approximate surface area is 86.3 Å². The average molecular weight is 220 g/mol. The summed E-state index contributed by atoms with van der Waals surface area (Å²) < 4.78 is 37.6. The van der Waals surface area contributed by atoms with Gasteiger partial charge in [0.2, 0.25) is 0 Å². The van der Waals surface area contributed by atoms with Crippen molar-refractivity contribution in [3.63, 3.8) is 0 Å². The van der Waals surface area contributed by atoms with Gasteiger partial charge in [0.05, 0.1) is 12.0 Å². The summed E-state index contributed by atoms with van der Waals surface area (Å²) in [7, 11) is -1.96. The predicted octanol–water partition coefficient (Wildman–Crippen LogP) is 1.36. The minimum atomic E-state index is -1.96. The van der Waals surface area contributed by atoms with E-state index in [1.54, 1.807) is 0 Å². The van der Waals surface area contributed by atoms with Crippen molar-refractivity contribution in [3.8, 4) is 0 Å². The lowest BCUT2D eigenvalue weighted by atomic mass is 9.54. The van der Waals surface area contributed by atoms with E-state index in [-0.39, 0.29) is 17.6 Å². The van der Waals surface area contributed by atoms with E-state index in [1.807, 2.05) is 0 Å². The third-order valence-electron chi connectivity index (χ3n) is 2.51. The largest absolute Gasteiger partial charge is 0.465 e. The molecule has 1 aliphatic rings. The van der Waals surface area contributed by atoms with E-state index >= 15 is 0 Å². The van der Waals surface area contributed by atoms with Gasteiger partial charge in [-0.15, -0.1) is 0 Å². The summed E-state index contributed by atoms with van der Waals surface area (Å²) in [6.07, 6.45) is 2.29. The van der Waals surface area contributed by atoms with Crippen molar-refractivity contribution in [1.82, 2.24) is 0 Å². The first-order valence-corrected chi connectivity index (χ1v) is 4.53. The second-order valence-electron chi connectivity index (χ2n) is 3.71. The predicted molar refractivity (Wildman–Crippen MR) is 51.6 cm³/mol. The molecule has 0 amide bonds. The van der Waals surface area contributed by atoms with Gasteiger partial charge in [0.25, 0.3) is 0 Å². The molecule has 0 bridgehead atoms. The molecule has 84 valence electrons. The van der Waals surface area contributed by atoms with Crippen LogP contribution in [0.5, 0.6) is 0 Å². The van der Waals surface area contributed by atoms with E-state index in [4.69, 9.17) is 10.0 Å². The lowest BCUT2D eigenvalue weighted by Crippen LogP contribution is -2.35. The van der Waals surface area contributed by atoms with Crippen LogP contribution in [0.3, 0.4) is 0 Å². The lowest BCUT2D eigenvalue weighted by molar-refractivity contribution is 0.307. The summed E-state index contributed by atoms with van der Waals surface area (Å²) in [6, 6.07) is 0. The number of rotatable bonds is 4. The molecule has 0 heterocycles. The third-order valence-corrected chi connectivity index (χ3v) is 2.51. The fraction of sp³-hybridized carbons (Fsp3) is 0.556. The molecule has 1 unspecified atom stereocenters. The molecule has 1 aliphatic carbocycles. The molecule has 0 fully saturated rings. The van der Waals surface area contributed by atoms with Crippen LogP contribution in [0.15, 0.2) is 23.3 Å². The molecule has 0 spiro atoms. The van der Waals surface area contributed by atoms with Crippen LogP contribution in [0.1, 0.15) is 6.42 Å². The summed E-state index contributed by atoms with van der Waals surface area (Å²) in [4.78, 5) is 0. The molecule has 0 radical (unpaired) electrons. The number of hydrogen-bond donors (Lipinski definition) is 2. The number of allylic oxidation sites excluding steroid dienone is 4. The Morgan fingerprint density at radius 2 is 1.93 bits per heavy atom. The fourth-order valence-corrected chi connectivity index (χ4v) is 1.68. The highest BCUT2D eigenvalue weighted by Gasteiger charge is 2.43. The zero-order chi connectivity index (χ0) is 11.5. The molecular weight excluding hydrogens is 208 g/mol. The van der Waals surface area contributed by atoms with Crippen LogP contribution in [-0.4, -0.2) is 37.2 Å². The van der Waals surface area contributed by atoms with Gasteiger partial charge < -0.3 is 10.0 Å². The first-order chi connectivity index (χ1) is 7.07. The topological polar surface area (TPSA) is 40.5 Å². The standard InChI is InChI=1S/C9H12BF3O2/c11-4-7-1-8(5-12)3-9(2-7,6-13)10(14)15/h1-2,14-15H,3-6H2. The molecule has 6 heteroatoms. The minimum absolute atomic E-state index is 0.0830. The highest BCUT2D eigenvalue weighted by Crippen LogP contribution is 2.42. The fourth-order valence-electron chi connectivity index (χ4n) is 1.68. The van der Waals surface area contributed by atoms with E-state index in [0.717, 1.165) is 6.08 Å². The monoisotopic (exact) mass is 220 g/mol. The van der Waals surface area contributed by atoms with Crippen LogP contribution in [-0.2, 0) is 0 Å². The van der Waals surface area contributed by atoms with Gasteiger partial charge in [0, 0.05) is 0 Å². The molecule has 0 aliphatic heterocycles. The molecule has 2 nitrogen and oxygen atoms in total. The highest BCUT2D eigenvalue weighted by atomic mass is 19.1.